The van der Waals surface area contributed by atoms with Crippen LogP contribution in [0.25, 0.3) is 0 Å². The normalized spacial score (nSPS) is 12.4. The lowest BCUT2D eigenvalue weighted by Gasteiger charge is -2.32. The Hall–Kier alpha value is -1.13. The van der Waals surface area contributed by atoms with E-state index in [1.807, 2.05) is 0 Å². The van der Waals surface area contributed by atoms with E-state index >= 15 is 0 Å². The van der Waals surface area contributed by atoms with Crippen molar-refractivity contribution in [2.45, 2.75) is 45.8 Å². The molecule has 0 aromatic carbocycles. The summed E-state index contributed by atoms with van der Waals surface area (Å²) in [5.41, 5.74) is -2.40. The van der Waals surface area contributed by atoms with Crippen molar-refractivity contribution >= 4 is 5.97 Å². The fourth-order valence-corrected chi connectivity index (χ4v) is 0.704. The highest BCUT2D eigenvalue weighted by Crippen LogP contribution is 2.28. The largest absolute Gasteiger partial charge is 0.452 e. The number of nitrogens with zero attached hydrogens (tertiary/aromatic N) is 1. The lowest BCUT2D eigenvalue weighted by Crippen LogP contribution is -2.53. The minimum atomic E-state index is -1.29. The van der Waals surface area contributed by atoms with Crippen LogP contribution >= 0.6 is 0 Å². The first-order valence-electron chi connectivity index (χ1n) is 3.95. The molecule has 5 nitrogen and oxygen atoms in total. The van der Waals surface area contributed by atoms with E-state index in [1.54, 1.807) is 0 Å². The van der Waals surface area contributed by atoms with Gasteiger partial charge in [-0.1, -0.05) is 0 Å². The molecule has 0 rings (SSSR count). The monoisotopic (exact) mass is 189 g/mol. The summed E-state index contributed by atoms with van der Waals surface area (Å²) in [6, 6.07) is 0. The van der Waals surface area contributed by atoms with Crippen LogP contribution in [0.1, 0.15) is 34.6 Å². The van der Waals surface area contributed by atoms with Gasteiger partial charge in [-0.15, -0.1) is 0 Å². The second kappa shape index (κ2) is 3.32. The second-order valence-electron chi connectivity index (χ2n) is 3.92. The van der Waals surface area contributed by atoms with Crippen LogP contribution in [0, 0.1) is 10.1 Å². The van der Waals surface area contributed by atoms with Gasteiger partial charge in [0, 0.05) is 25.7 Å². The predicted octanol–water partition coefficient (Wildman–Crippen LogP) is 1.38. The van der Waals surface area contributed by atoms with Crippen molar-refractivity contribution in [2.24, 2.45) is 0 Å². The molecule has 0 aliphatic heterocycles. The number of carbonyl (C=O) groups excluding carboxylic acids is 1. The molecule has 0 aromatic rings. The minimum Gasteiger partial charge on any atom is -0.452 e. The summed E-state index contributed by atoms with van der Waals surface area (Å²) in [4.78, 5) is 20.9. The van der Waals surface area contributed by atoms with Crippen LogP contribution in [0.5, 0.6) is 0 Å². The third-order valence-electron chi connectivity index (χ3n) is 2.33. The van der Waals surface area contributed by atoms with Crippen molar-refractivity contribution in [3.63, 3.8) is 0 Å². The summed E-state index contributed by atoms with van der Waals surface area (Å²) in [5, 5.41) is 10.7. The molecular formula is C8H15NO4. The van der Waals surface area contributed by atoms with Crippen molar-refractivity contribution in [2.75, 3.05) is 0 Å². The molecule has 0 unspecified atom stereocenters. The molecular weight excluding hydrogens is 174 g/mol. The van der Waals surface area contributed by atoms with E-state index in [0.29, 0.717) is 0 Å². The van der Waals surface area contributed by atoms with Crippen LogP contribution < -0.4 is 0 Å². The van der Waals surface area contributed by atoms with Gasteiger partial charge in [0.05, 0.1) is 0 Å². The van der Waals surface area contributed by atoms with E-state index in [-0.39, 0.29) is 0 Å². The lowest BCUT2D eigenvalue weighted by atomic mass is 9.86. The molecule has 5 heteroatoms. The van der Waals surface area contributed by atoms with E-state index in [2.05, 4.69) is 0 Å². The van der Waals surface area contributed by atoms with Gasteiger partial charge < -0.3 is 4.74 Å². The maximum absolute atomic E-state index is 10.7. The topological polar surface area (TPSA) is 69.4 Å². The second-order valence-corrected chi connectivity index (χ2v) is 3.92. The fourth-order valence-electron chi connectivity index (χ4n) is 0.704. The number of ether oxygens (including phenoxy) is 1. The van der Waals surface area contributed by atoms with Gasteiger partial charge in [-0.3, -0.25) is 14.9 Å². The van der Waals surface area contributed by atoms with Crippen molar-refractivity contribution in [1.82, 2.24) is 0 Å². The van der Waals surface area contributed by atoms with E-state index in [0.717, 1.165) is 0 Å². The molecule has 0 aliphatic rings. The standard InChI is InChI=1S/C8H15NO4/c1-6(10)13-8(4,5)7(2,3)9(11)12/h1-5H3. The highest BCUT2D eigenvalue weighted by atomic mass is 16.6. The molecule has 0 atom stereocenters. The Morgan fingerprint density at radius 1 is 1.31 bits per heavy atom. The van der Waals surface area contributed by atoms with E-state index in [9.17, 15) is 14.9 Å². The molecule has 0 aliphatic carbocycles. The third-order valence-corrected chi connectivity index (χ3v) is 2.33. The number of rotatable bonds is 3. The summed E-state index contributed by atoms with van der Waals surface area (Å²) in [6.07, 6.45) is 0. The van der Waals surface area contributed by atoms with Crippen molar-refractivity contribution in [1.29, 1.82) is 0 Å². The quantitative estimate of drug-likeness (QED) is 0.382. The van der Waals surface area contributed by atoms with Gasteiger partial charge in [-0.2, -0.15) is 0 Å². The molecule has 0 saturated heterocycles. The average Bonchev–Trinajstić information content (AvgIpc) is 1.83. The van der Waals surface area contributed by atoms with Crippen LogP contribution in [0.2, 0.25) is 0 Å². The van der Waals surface area contributed by atoms with E-state index in [4.69, 9.17) is 4.74 Å². The molecule has 0 N–H and O–H groups in total. The van der Waals surface area contributed by atoms with Crippen LogP contribution in [0.15, 0.2) is 0 Å². The van der Waals surface area contributed by atoms with Gasteiger partial charge in [0.15, 0.2) is 5.60 Å². The van der Waals surface area contributed by atoms with Crippen LogP contribution in [-0.2, 0) is 9.53 Å². The van der Waals surface area contributed by atoms with Gasteiger partial charge in [-0.25, -0.2) is 0 Å². The summed E-state index contributed by atoms with van der Waals surface area (Å²) in [6.45, 7) is 7.14. The highest BCUT2D eigenvalue weighted by Gasteiger charge is 2.50. The number of esters is 1. The van der Waals surface area contributed by atoms with Gasteiger partial charge in [0.2, 0.25) is 0 Å². The molecule has 0 fully saturated rings. The summed E-state index contributed by atoms with van der Waals surface area (Å²) in [7, 11) is 0. The predicted molar refractivity (Wildman–Crippen MR) is 46.9 cm³/mol. The van der Waals surface area contributed by atoms with Crippen molar-refractivity contribution in [3.8, 4) is 0 Å². The molecule has 76 valence electrons. The summed E-state index contributed by atoms with van der Waals surface area (Å²) in [5.74, 6) is -0.514. The number of hydrogen-bond donors (Lipinski definition) is 0. The summed E-state index contributed by atoms with van der Waals surface area (Å²) < 4.78 is 4.88. The molecule has 0 saturated carbocycles. The van der Waals surface area contributed by atoms with Crippen molar-refractivity contribution < 1.29 is 14.5 Å². The zero-order valence-electron chi connectivity index (χ0n) is 8.58. The smallest absolute Gasteiger partial charge is 0.303 e. The van der Waals surface area contributed by atoms with Crippen LogP contribution in [0.3, 0.4) is 0 Å². The van der Waals surface area contributed by atoms with Crippen LogP contribution in [0.4, 0.5) is 0 Å². The van der Waals surface area contributed by atoms with Gasteiger partial charge >= 0.3 is 5.97 Å². The average molecular weight is 189 g/mol. The Morgan fingerprint density at radius 2 is 1.69 bits per heavy atom. The number of nitro groups is 1. The first-order chi connectivity index (χ1) is 5.61. The SMILES string of the molecule is CC(=O)OC(C)(C)C(C)(C)[N+](=O)[O-]. The van der Waals surface area contributed by atoms with Gasteiger partial charge in [-0.05, 0) is 13.8 Å². The Labute approximate surface area is 77.2 Å². The fraction of sp³-hybridized carbons (Fsp3) is 0.875. The molecule has 0 bridgehead atoms. The number of carbonyl (C=O) groups is 1. The zero-order valence-corrected chi connectivity index (χ0v) is 8.58. The third kappa shape index (κ3) is 2.40. The molecule has 0 aromatic heterocycles. The lowest BCUT2D eigenvalue weighted by molar-refractivity contribution is -0.582. The Balaban J connectivity index is 4.80. The first-order valence-corrected chi connectivity index (χ1v) is 3.95. The zero-order chi connectivity index (χ0) is 10.9. The molecule has 0 heterocycles. The maximum atomic E-state index is 10.7. The van der Waals surface area contributed by atoms with Gasteiger partial charge in [0.25, 0.3) is 5.54 Å². The molecule has 0 spiro atoms. The van der Waals surface area contributed by atoms with E-state index < -0.39 is 22.0 Å². The molecule has 13 heavy (non-hydrogen) atoms. The molecule has 0 amide bonds. The molecule has 0 radical (unpaired) electrons. The highest BCUT2D eigenvalue weighted by molar-refractivity contribution is 5.66. The maximum Gasteiger partial charge on any atom is 0.303 e. The minimum absolute atomic E-state index is 0.448. The first kappa shape index (κ1) is 11.9. The number of hydrogen-bond acceptors (Lipinski definition) is 4. The Bertz CT molecular complexity index is 232. The Morgan fingerprint density at radius 3 is 1.92 bits per heavy atom. The van der Waals surface area contributed by atoms with Crippen LogP contribution in [-0.4, -0.2) is 22.0 Å². The van der Waals surface area contributed by atoms with Crippen molar-refractivity contribution in [3.05, 3.63) is 10.1 Å². The van der Waals surface area contributed by atoms with E-state index in [1.165, 1.54) is 34.6 Å². The summed E-state index contributed by atoms with van der Waals surface area (Å²) >= 11 is 0. The van der Waals surface area contributed by atoms with Gasteiger partial charge in [0.1, 0.15) is 0 Å². The Kier molecular flexibility index (Phi) is 3.03.